The van der Waals surface area contributed by atoms with Gasteiger partial charge in [-0.3, -0.25) is 9.69 Å². The molecule has 20 heavy (non-hydrogen) atoms. The highest BCUT2D eigenvalue weighted by Gasteiger charge is 2.17. The minimum Gasteiger partial charge on any atom is -0.296 e. The molecule has 0 fully saturated rings. The Labute approximate surface area is 119 Å². The van der Waals surface area contributed by atoms with Crippen molar-refractivity contribution in [3.8, 4) is 0 Å². The van der Waals surface area contributed by atoms with Crippen LogP contribution in [-0.4, -0.2) is 30.3 Å². The normalized spacial score (nSPS) is 11.3. The van der Waals surface area contributed by atoms with Gasteiger partial charge >= 0.3 is 0 Å². The first-order chi connectivity index (χ1) is 9.51. The number of likely N-dealkylation sites (N-methyl/N-ethyl adjacent to an activating group) is 1. The predicted molar refractivity (Wildman–Crippen MR) is 76.9 cm³/mol. The van der Waals surface area contributed by atoms with Crippen LogP contribution in [0.15, 0.2) is 18.2 Å². The summed E-state index contributed by atoms with van der Waals surface area (Å²) in [6, 6.07) is 3.00. The lowest BCUT2D eigenvalue weighted by Crippen LogP contribution is -2.34. The third-order valence-electron chi connectivity index (χ3n) is 3.71. The lowest BCUT2D eigenvalue weighted by atomic mass is 10.0. The van der Waals surface area contributed by atoms with E-state index in [0.717, 1.165) is 44.1 Å². The lowest BCUT2D eigenvalue weighted by Gasteiger charge is -2.24. The second-order valence-electron chi connectivity index (χ2n) is 5.06. The van der Waals surface area contributed by atoms with E-state index in [1.54, 1.807) is 0 Å². The lowest BCUT2D eigenvalue weighted by molar-refractivity contribution is 0.0916. The van der Waals surface area contributed by atoms with E-state index in [1.165, 1.54) is 0 Å². The Morgan fingerprint density at radius 1 is 1.20 bits per heavy atom. The molecule has 1 aromatic carbocycles. The number of rotatable bonds is 8. The molecule has 4 heteroatoms. The highest BCUT2D eigenvalue weighted by molar-refractivity contribution is 5.97. The Balaban J connectivity index is 2.74. The van der Waals surface area contributed by atoms with Gasteiger partial charge in [-0.05, 0) is 30.7 Å². The molecule has 0 heterocycles. The zero-order valence-electron chi connectivity index (χ0n) is 12.5. The van der Waals surface area contributed by atoms with Gasteiger partial charge in [0, 0.05) is 6.54 Å². The molecule has 1 rings (SSSR count). The summed E-state index contributed by atoms with van der Waals surface area (Å²) >= 11 is 0. The first-order valence-electron chi connectivity index (χ1n) is 7.22. The van der Waals surface area contributed by atoms with Crippen LogP contribution in [-0.2, 0) is 0 Å². The molecule has 0 unspecified atom stereocenters. The van der Waals surface area contributed by atoms with E-state index in [2.05, 4.69) is 13.8 Å². The highest BCUT2D eigenvalue weighted by atomic mass is 19.1. The smallest absolute Gasteiger partial charge is 0.179 e. The van der Waals surface area contributed by atoms with E-state index in [9.17, 15) is 13.6 Å². The third kappa shape index (κ3) is 4.67. The maximum absolute atomic E-state index is 13.6. The largest absolute Gasteiger partial charge is 0.296 e. The van der Waals surface area contributed by atoms with Crippen LogP contribution in [0, 0.1) is 17.6 Å². The molecule has 0 saturated heterocycles. The van der Waals surface area contributed by atoms with Crippen LogP contribution in [0.25, 0.3) is 0 Å². The van der Waals surface area contributed by atoms with Gasteiger partial charge in [-0.15, -0.1) is 0 Å². The zero-order valence-corrected chi connectivity index (χ0v) is 12.5. The Morgan fingerprint density at radius 2 is 1.85 bits per heavy atom. The molecule has 2 nitrogen and oxygen atoms in total. The van der Waals surface area contributed by atoms with Gasteiger partial charge in [0.2, 0.25) is 0 Å². The minimum atomic E-state index is -0.657. The molecule has 0 radical (unpaired) electrons. The topological polar surface area (TPSA) is 20.3 Å². The van der Waals surface area contributed by atoms with Gasteiger partial charge in [0.05, 0.1) is 12.1 Å². The molecular formula is C16H23F2NO. The summed E-state index contributed by atoms with van der Waals surface area (Å²) in [6.45, 7) is 7.88. The Hall–Kier alpha value is -1.29. The van der Waals surface area contributed by atoms with Crippen LogP contribution >= 0.6 is 0 Å². The van der Waals surface area contributed by atoms with Crippen LogP contribution < -0.4 is 0 Å². The fraction of sp³-hybridized carbons (Fsp3) is 0.562. The molecule has 1 aromatic rings. The number of carbonyl (C=O) groups excluding carboxylic acids is 1. The summed E-state index contributed by atoms with van der Waals surface area (Å²) in [4.78, 5) is 14.1. The molecule has 0 bridgehead atoms. The average Bonchev–Trinajstić information content (AvgIpc) is 2.45. The molecule has 0 saturated carbocycles. The fourth-order valence-corrected chi connectivity index (χ4v) is 2.22. The maximum atomic E-state index is 13.6. The van der Waals surface area contributed by atoms with E-state index < -0.39 is 11.6 Å². The first-order valence-corrected chi connectivity index (χ1v) is 7.22. The Morgan fingerprint density at radius 3 is 2.40 bits per heavy atom. The molecule has 0 spiro atoms. The zero-order chi connectivity index (χ0) is 15.1. The van der Waals surface area contributed by atoms with Crippen molar-refractivity contribution in [2.75, 3.05) is 19.6 Å². The summed E-state index contributed by atoms with van der Waals surface area (Å²) < 4.78 is 26.7. The number of hydrogen-bond acceptors (Lipinski definition) is 2. The van der Waals surface area contributed by atoms with Crippen molar-refractivity contribution in [3.63, 3.8) is 0 Å². The molecule has 112 valence electrons. The predicted octanol–water partition coefficient (Wildman–Crippen LogP) is 3.91. The fourth-order valence-electron chi connectivity index (χ4n) is 2.22. The quantitative estimate of drug-likeness (QED) is 0.674. The number of carbonyl (C=O) groups is 1. The highest BCUT2D eigenvalue weighted by Crippen LogP contribution is 2.13. The number of nitrogens with zero attached hydrogens (tertiary/aromatic N) is 1. The van der Waals surface area contributed by atoms with Crippen molar-refractivity contribution in [2.45, 2.75) is 33.6 Å². The molecular weight excluding hydrogens is 260 g/mol. The van der Waals surface area contributed by atoms with Crippen LogP contribution in [0.3, 0.4) is 0 Å². The Bertz CT molecular complexity index is 444. The number of benzene rings is 1. The van der Waals surface area contributed by atoms with Crippen LogP contribution in [0.2, 0.25) is 0 Å². The molecule has 0 aliphatic heterocycles. The maximum Gasteiger partial charge on any atom is 0.179 e. The summed E-state index contributed by atoms with van der Waals surface area (Å²) in [7, 11) is 0. The number of hydrogen-bond donors (Lipinski definition) is 0. The van der Waals surface area contributed by atoms with Crippen molar-refractivity contribution in [3.05, 3.63) is 35.4 Å². The van der Waals surface area contributed by atoms with Gasteiger partial charge in [-0.25, -0.2) is 8.78 Å². The molecule has 0 atom stereocenters. The van der Waals surface area contributed by atoms with E-state index in [1.807, 2.05) is 11.8 Å². The average molecular weight is 283 g/mol. The summed E-state index contributed by atoms with van der Waals surface area (Å²) in [6.07, 6.45) is 2.10. The van der Waals surface area contributed by atoms with Crippen molar-refractivity contribution in [1.82, 2.24) is 4.90 Å². The number of halogens is 2. The van der Waals surface area contributed by atoms with E-state index in [-0.39, 0.29) is 17.9 Å². The monoisotopic (exact) mass is 283 g/mol. The van der Waals surface area contributed by atoms with Crippen LogP contribution in [0.5, 0.6) is 0 Å². The van der Waals surface area contributed by atoms with Crippen molar-refractivity contribution in [1.29, 1.82) is 0 Å². The minimum absolute atomic E-state index is 0.132. The molecule has 0 aliphatic carbocycles. The van der Waals surface area contributed by atoms with Crippen LogP contribution in [0.1, 0.15) is 44.0 Å². The molecule has 0 aromatic heterocycles. The molecule has 0 N–H and O–H groups in total. The summed E-state index contributed by atoms with van der Waals surface area (Å²) in [5, 5.41) is 0. The molecule has 0 aliphatic rings. The van der Waals surface area contributed by atoms with Crippen molar-refractivity contribution in [2.24, 2.45) is 5.92 Å². The summed E-state index contributed by atoms with van der Waals surface area (Å²) in [5.41, 5.74) is -0.159. The summed E-state index contributed by atoms with van der Waals surface area (Å²) in [5.74, 6) is -1.08. The van der Waals surface area contributed by atoms with Gasteiger partial charge in [0.25, 0.3) is 0 Å². The van der Waals surface area contributed by atoms with E-state index in [0.29, 0.717) is 5.92 Å². The molecule has 0 amide bonds. The first kappa shape index (κ1) is 16.8. The van der Waals surface area contributed by atoms with Gasteiger partial charge < -0.3 is 0 Å². The standard InChI is InChI=1S/C16H23F2NO/c1-4-12(5-2)10-19(6-3)11-16(20)14-9-13(17)7-8-15(14)18/h7-9,12H,4-6,10-11H2,1-3H3. The van der Waals surface area contributed by atoms with Gasteiger partial charge in [0.15, 0.2) is 5.78 Å². The van der Waals surface area contributed by atoms with Gasteiger partial charge in [-0.1, -0.05) is 33.6 Å². The SMILES string of the molecule is CCC(CC)CN(CC)CC(=O)c1cc(F)ccc1F. The van der Waals surface area contributed by atoms with Crippen molar-refractivity contribution < 1.29 is 13.6 Å². The second kappa shape index (κ2) is 8.10. The van der Waals surface area contributed by atoms with Gasteiger partial charge in [0.1, 0.15) is 11.6 Å². The van der Waals surface area contributed by atoms with Crippen LogP contribution in [0.4, 0.5) is 8.78 Å². The number of Topliss-reactive ketones (excluding diaryl/α,β-unsaturated/α-hetero) is 1. The van der Waals surface area contributed by atoms with E-state index in [4.69, 9.17) is 0 Å². The second-order valence-corrected chi connectivity index (χ2v) is 5.06. The third-order valence-corrected chi connectivity index (χ3v) is 3.71. The number of ketones is 1. The van der Waals surface area contributed by atoms with E-state index >= 15 is 0 Å². The van der Waals surface area contributed by atoms with Gasteiger partial charge in [-0.2, -0.15) is 0 Å². The van der Waals surface area contributed by atoms with Crippen molar-refractivity contribution >= 4 is 5.78 Å². The Kier molecular flexibility index (Phi) is 6.79.